The Hall–Kier alpha value is -0.240. The Balaban J connectivity index is 2.42. The molecule has 4 N–H and O–H groups in total. The van der Waals surface area contributed by atoms with E-state index in [0.29, 0.717) is 6.61 Å². The number of ether oxygens (including phenoxy) is 2. The SMILES string of the molecule is CCCCCO[C@H]1O[C@H](CO)[C@H](O)[C@@H](O)[C@H]1O. The first-order chi connectivity index (χ1) is 8.11. The van der Waals surface area contributed by atoms with Crippen molar-refractivity contribution in [3.05, 3.63) is 0 Å². The van der Waals surface area contributed by atoms with Crippen LogP contribution in [0.25, 0.3) is 0 Å². The van der Waals surface area contributed by atoms with Gasteiger partial charge in [0.1, 0.15) is 24.4 Å². The molecule has 1 saturated heterocycles. The van der Waals surface area contributed by atoms with Crippen LogP contribution in [0.3, 0.4) is 0 Å². The van der Waals surface area contributed by atoms with Gasteiger partial charge in [0.15, 0.2) is 6.29 Å². The summed E-state index contributed by atoms with van der Waals surface area (Å²) in [5.74, 6) is 0. The van der Waals surface area contributed by atoms with Gasteiger partial charge in [0.2, 0.25) is 0 Å². The number of unbranched alkanes of at least 4 members (excludes halogenated alkanes) is 2. The van der Waals surface area contributed by atoms with E-state index in [4.69, 9.17) is 14.6 Å². The van der Waals surface area contributed by atoms with Crippen LogP contribution in [0.15, 0.2) is 0 Å². The smallest absolute Gasteiger partial charge is 0.186 e. The third-order valence-electron chi connectivity index (χ3n) is 2.88. The van der Waals surface area contributed by atoms with E-state index in [9.17, 15) is 15.3 Å². The van der Waals surface area contributed by atoms with Crippen LogP contribution in [0.5, 0.6) is 0 Å². The van der Waals surface area contributed by atoms with Crippen molar-refractivity contribution < 1.29 is 29.9 Å². The summed E-state index contributed by atoms with van der Waals surface area (Å²) in [6.07, 6.45) is -2.98. The fourth-order valence-corrected chi connectivity index (χ4v) is 1.76. The maximum atomic E-state index is 9.64. The molecule has 102 valence electrons. The minimum Gasteiger partial charge on any atom is -0.394 e. The maximum Gasteiger partial charge on any atom is 0.186 e. The molecule has 1 heterocycles. The summed E-state index contributed by atoms with van der Waals surface area (Å²) in [6.45, 7) is 2.05. The molecule has 17 heavy (non-hydrogen) atoms. The highest BCUT2D eigenvalue weighted by Crippen LogP contribution is 2.22. The zero-order valence-electron chi connectivity index (χ0n) is 10.0. The first-order valence-corrected chi connectivity index (χ1v) is 6.04. The second-order valence-corrected chi connectivity index (χ2v) is 4.28. The number of hydrogen-bond acceptors (Lipinski definition) is 6. The van der Waals surface area contributed by atoms with Gasteiger partial charge in [0, 0.05) is 6.61 Å². The molecule has 6 nitrogen and oxygen atoms in total. The van der Waals surface area contributed by atoms with Crippen LogP contribution in [0.4, 0.5) is 0 Å². The van der Waals surface area contributed by atoms with Crippen LogP contribution < -0.4 is 0 Å². The van der Waals surface area contributed by atoms with E-state index in [1.807, 2.05) is 0 Å². The fourth-order valence-electron chi connectivity index (χ4n) is 1.76. The molecule has 0 aromatic carbocycles. The lowest BCUT2D eigenvalue weighted by Gasteiger charge is -2.39. The Morgan fingerprint density at radius 2 is 1.76 bits per heavy atom. The summed E-state index contributed by atoms with van der Waals surface area (Å²) in [5.41, 5.74) is 0. The average molecular weight is 250 g/mol. The molecule has 6 heteroatoms. The Morgan fingerprint density at radius 3 is 2.35 bits per heavy atom. The van der Waals surface area contributed by atoms with Crippen LogP contribution in [0, 0.1) is 0 Å². The van der Waals surface area contributed by atoms with Crippen molar-refractivity contribution in [3.63, 3.8) is 0 Å². The maximum absolute atomic E-state index is 9.64. The standard InChI is InChI=1S/C11H22O6/c1-2-3-4-5-16-11-10(15)9(14)8(13)7(6-12)17-11/h7-15H,2-6H2,1H3/t7-,8+,9-,10-,11+/m1/s1. The first kappa shape index (κ1) is 14.8. The number of rotatable bonds is 6. The first-order valence-electron chi connectivity index (χ1n) is 6.04. The Labute approximate surface area is 101 Å². The highest BCUT2D eigenvalue weighted by molar-refractivity contribution is 4.88. The molecule has 0 radical (unpaired) electrons. The van der Waals surface area contributed by atoms with Gasteiger partial charge in [0.05, 0.1) is 6.61 Å². The summed E-state index contributed by atoms with van der Waals surface area (Å²) in [5, 5.41) is 37.6. The van der Waals surface area contributed by atoms with E-state index in [0.717, 1.165) is 19.3 Å². The van der Waals surface area contributed by atoms with Crippen LogP contribution in [-0.4, -0.2) is 64.3 Å². The molecular formula is C11H22O6. The van der Waals surface area contributed by atoms with E-state index in [1.54, 1.807) is 0 Å². The van der Waals surface area contributed by atoms with Crippen molar-refractivity contribution in [2.75, 3.05) is 13.2 Å². The summed E-state index contributed by atoms with van der Waals surface area (Å²) in [6, 6.07) is 0. The average Bonchev–Trinajstić information content (AvgIpc) is 2.34. The third-order valence-corrected chi connectivity index (χ3v) is 2.88. The lowest BCUT2D eigenvalue weighted by Crippen LogP contribution is -2.59. The molecule has 0 spiro atoms. The third kappa shape index (κ3) is 3.87. The van der Waals surface area contributed by atoms with Gasteiger partial charge in [-0.1, -0.05) is 19.8 Å². The van der Waals surface area contributed by atoms with E-state index in [-0.39, 0.29) is 0 Å². The minimum absolute atomic E-state index is 0.413. The topological polar surface area (TPSA) is 99.4 Å². The Morgan fingerprint density at radius 1 is 1.06 bits per heavy atom. The highest BCUT2D eigenvalue weighted by atomic mass is 16.7. The molecule has 0 saturated carbocycles. The zero-order valence-corrected chi connectivity index (χ0v) is 10.0. The van der Waals surface area contributed by atoms with Crippen molar-refractivity contribution in [1.82, 2.24) is 0 Å². The van der Waals surface area contributed by atoms with Crippen molar-refractivity contribution in [1.29, 1.82) is 0 Å². The molecule has 1 rings (SSSR count). The van der Waals surface area contributed by atoms with Gasteiger partial charge in [-0.3, -0.25) is 0 Å². The lowest BCUT2D eigenvalue weighted by molar-refractivity contribution is -0.301. The van der Waals surface area contributed by atoms with Gasteiger partial charge in [-0.15, -0.1) is 0 Å². The van der Waals surface area contributed by atoms with E-state index in [2.05, 4.69) is 6.92 Å². The molecule has 1 fully saturated rings. The summed E-state index contributed by atoms with van der Waals surface area (Å²) >= 11 is 0. The minimum atomic E-state index is -1.36. The predicted molar refractivity (Wildman–Crippen MR) is 59.2 cm³/mol. The van der Waals surface area contributed by atoms with Crippen molar-refractivity contribution >= 4 is 0 Å². The second kappa shape index (κ2) is 7.25. The van der Waals surface area contributed by atoms with Gasteiger partial charge in [-0.05, 0) is 6.42 Å². The predicted octanol–water partition coefficient (Wildman–Crippen LogP) is -1.01. The molecule has 1 aliphatic rings. The molecule has 5 atom stereocenters. The Kier molecular flexibility index (Phi) is 6.32. The highest BCUT2D eigenvalue weighted by Gasteiger charge is 2.43. The van der Waals surface area contributed by atoms with Crippen LogP contribution in [0.1, 0.15) is 26.2 Å². The van der Waals surface area contributed by atoms with Gasteiger partial charge in [-0.2, -0.15) is 0 Å². The van der Waals surface area contributed by atoms with E-state index >= 15 is 0 Å². The van der Waals surface area contributed by atoms with Crippen molar-refractivity contribution in [2.45, 2.75) is 56.9 Å². The van der Waals surface area contributed by atoms with Crippen LogP contribution >= 0.6 is 0 Å². The monoisotopic (exact) mass is 250 g/mol. The van der Waals surface area contributed by atoms with Crippen molar-refractivity contribution in [2.24, 2.45) is 0 Å². The lowest BCUT2D eigenvalue weighted by atomic mass is 9.99. The molecule has 0 aromatic rings. The van der Waals surface area contributed by atoms with Crippen molar-refractivity contribution in [3.8, 4) is 0 Å². The van der Waals surface area contributed by atoms with E-state index in [1.165, 1.54) is 0 Å². The Bertz CT molecular complexity index is 210. The number of aliphatic hydroxyl groups excluding tert-OH is 4. The van der Waals surface area contributed by atoms with Crippen LogP contribution in [0.2, 0.25) is 0 Å². The normalized spacial score (nSPS) is 38.3. The second-order valence-electron chi connectivity index (χ2n) is 4.28. The molecule has 0 amide bonds. The molecule has 0 unspecified atom stereocenters. The number of aliphatic hydroxyl groups is 4. The molecule has 1 aliphatic heterocycles. The summed E-state index contributed by atoms with van der Waals surface area (Å²) < 4.78 is 10.5. The molecule has 0 bridgehead atoms. The van der Waals surface area contributed by atoms with Gasteiger partial charge in [0.25, 0.3) is 0 Å². The molecular weight excluding hydrogens is 228 g/mol. The zero-order chi connectivity index (χ0) is 12.8. The van der Waals surface area contributed by atoms with Crippen LogP contribution in [-0.2, 0) is 9.47 Å². The van der Waals surface area contributed by atoms with Gasteiger partial charge < -0.3 is 29.9 Å². The summed E-state index contributed by atoms with van der Waals surface area (Å²) in [4.78, 5) is 0. The molecule has 0 aromatic heterocycles. The molecule has 0 aliphatic carbocycles. The van der Waals surface area contributed by atoms with Gasteiger partial charge in [-0.25, -0.2) is 0 Å². The fraction of sp³-hybridized carbons (Fsp3) is 1.00. The quantitative estimate of drug-likeness (QED) is 0.451. The number of hydrogen-bond donors (Lipinski definition) is 4. The van der Waals surface area contributed by atoms with E-state index < -0.39 is 37.3 Å². The van der Waals surface area contributed by atoms with Gasteiger partial charge >= 0.3 is 0 Å². The summed E-state index contributed by atoms with van der Waals surface area (Å²) in [7, 11) is 0. The largest absolute Gasteiger partial charge is 0.394 e.